The molecule has 0 bridgehead atoms. The maximum absolute atomic E-state index is 13.7. The lowest BCUT2D eigenvalue weighted by atomic mass is 10.0. The predicted octanol–water partition coefficient (Wildman–Crippen LogP) is 0.869. The van der Waals surface area contributed by atoms with Crippen LogP contribution in [0.5, 0.6) is 0 Å². The zero-order valence-electron chi connectivity index (χ0n) is 24.3. The number of ether oxygens (including phenoxy) is 1. The largest absolute Gasteiger partial charge is 0.481 e. The van der Waals surface area contributed by atoms with Crippen molar-refractivity contribution in [3.8, 4) is 0 Å². The number of hydrogen-bond donors (Lipinski definition) is 5. The quantitative estimate of drug-likeness (QED) is 0.158. The van der Waals surface area contributed by atoms with E-state index in [-0.39, 0.29) is 44.6 Å². The molecule has 14 nitrogen and oxygen atoms in total. The van der Waals surface area contributed by atoms with E-state index in [0.717, 1.165) is 10.5 Å². The van der Waals surface area contributed by atoms with Gasteiger partial charge in [0.1, 0.15) is 24.5 Å². The number of aliphatic carboxylic acids is 2. The standard InChI is InChI=1S/C29H40N4O10/c1-3-18(2)13-24(35)32-22(9-10-25(36)37)28(41)33-16-21(15-23(33)27(40)31-20(17-34)14-26(38)39)43-29(42)30-12-11-19-7-5-4-6-8-19/h4-8,17-18,20-23H,3,9-16H2,1-2H3,(H,30,42)(H,31,40)(H,32,35)(H,36,37)(H,38,39). The van der Waals surface area contributed by atoms with Crippen LogP contribution in [-0.4, -0.2) is 94.5 Å². The molecule has 0 aliphatic carbocycles. The summed E-state index contributed by atoms with van der Waals surface area (Å²) < 4.78 is 5.46. The average molecular weight is 605 g/mol. The van der Waals surface area contributed by atoms with Gasteiger partial charge in [-0.05, 0) is 24.3 Å². The van der Waals surface area contributed by atoms with Crippen LogP contribution in [0, 0.1) is 5.92 Å². The molecular weight excluding hydrogens is 564 g/mol. The summed E-state index contributed by atoms with van der Waals surface area (Å²) in [7, 11) is 0. The molecule has 1 aromatic rings. The second-order valence-corrected chi connectivity index (χ2v) is 10.6. The van der Waals surface area contributed by atoms with Crippen LogP contribution in [0.15, 0.2) is 30.3 Å². The number of amides is 4. The lowest BCUT2D eigenvalue weighted by Crippen LogP contribution is -2.55. The average Bonchev–Trinajstić information content (AvgIpc) is 3.38. The molecule has 14 heteroatoms. The Morgan fingerprint density at radius 1 is 1.05 bits per heavy atom. The number of alkyl carbamates (subject to hydrolysis) is 1. The van der Waals surface area contributed by atoms with Crippen molar-refractivity contribution in [2.45, 2.75) is 83.0 Å². The van der Waals surface area contributed by atoms with Crippen molar-refractivity contribution in [1.29, 1.82) is 0 Å². The Hall–Kier alpha value is -4.49. The Kier molecular flexibility index (Phi) is 14.1. The van der Waals surface area contributed by atoms with E-state index >= 15 is 0 Å². The highest BCUT2D eigenvalue weighted by Gasteiger charge is 2.44. The van der Waals surface area contributed by atoms with Crippen LogP contribution < -0.4 is 16.0 Å². The van der Waals surface area contributed by atoms with E-state index in [1.54, 1.807) is 0 Å². The summed E-state index contributed by atoms with van der Waals surface area (Å²) in [6, 6.07) is 5.45. The number of aldehydes is 1. The molecule has 2 rings (SSSR count). The topological polar surface area (TPSA) is 209 Å². The second-order valence-electron chi connectivity index (χ2n) is 10.6. The fourth-order valence-corrected chi connectivity index (χ4v) is 4.56. The van der Waals surface area contributed by atoms with Crippen molar-refractivity contribution < 1.29 is 48.5 Å². The van der Waals surface area contributed by atoms with Crippen LogP contribution in [0.25, 0.3) is 0 Å². The first-order valence-corrected chi connectivity index (χ1v) is 14.2. The van der Waals surface area contributed by atoms with Crippen LogP contribution >= 0.6 is 0 Å². The number of nitrogens with zero attached hydrogens (tertiary/aromatic N) is 1. The van der Waals surface area contributed by atoms with Gasteiger partial charge >= 0.3 is 18.0 Å². The van der Waals surface area contributed by atoms with Gasteiger partial charge in [-0.15, -0.1) is 0 Å². The molecule has 0 aromatic heterocycles. The molecule has 236 valence electrons. The molecule has 43 heavy (non-hydrogen) atoms. The van der Waals surface area contributed by atoms with Gasteiger partial charge in [0.05, 0.1) is 19.0 Å². The number of rotatable bonds is 17. The number of benzene rings is 1. The van der Waals surface area contributed by atoms with Gasteiger partial charge in [-0.1, -0.05) is 50.6 Å². The Morgan fingerprint density at radius 2 is 1.74 bits per heavy atom. The SMILES string of the molecule is CCC(C)CC(=O)NC(CCC(=O)O)C(=O)N1CC(OC(=O)NCCc2ccccc2)CC1C(=O)NC(C=O)CC(=O)O. The summed E-state index contributed by atoms with van der Waals surface area (Å²) in [6.45, 7) is 3.76. The third kappa shape index (κ3) is 12.1. The molecule has 5 N–H and O–H groups in total. The van der Waals surface area contributed by atoms with Crippen molar-refractivity contribution in [1.82, 2.24) is 20.9 Å². The number of likely N-dealkylation sites (tertiary alicyclic amines) is 1. The first-order valence-electron chi connectivity index (χ1n) is 14.2. The van der Waals surface area contributed by atoms with E-state index < -0.39 is 72.8 Å². The molecule has 1 aliphatic rings. The lowest BCUT2D eigenvalue weighted by Gasteiger charge is -2.29. The second kappa shape index (κ2) is 17.5. The first kappa shape index (κ1) is 34.7. The third-order valence-corrected chi connectivity index (χ3v) is 7.05. The summed E-state index contributed by atoms with van der Waals surface area (Å²) in [6.07, 6.45) is -1.70. The highest BCUT2D eigenvalue weighted by Crippen LogP contribution is 2.23. The number of carboxylic acids is 2. The van der Waals surface area contributed by atoms with Gasteiger partial charge in [0.25, 0.3) is 0 Å². The van der Waals surface area contributed by atoms with Gasteiger partial charge in [0.2, 0.25) is 17.7 Å². The van der Waals surface area contributed by atoms with E-state index in [0.29, 0.717) is 12.8 Å². The van der Waals surface area contributed by atoms with Gasteiger partial charge in [0.15, 0.2) is 0 Å². The number of nitrogens with one attached hydrogen (secondary N) is 3. The molecule has 1 saturated heterocycles. The predicted molar refractivity (Wildman–Crippen MR) is 152 cm³/mol. The maximum atomic E-state index is 13.7. The van der Waals surface area contributed by atoms with Crippen LogP contribution in [0.3, 0.4) is 0 Å². The van der Waals surface area contributed by atoms with E-state index in [1.807, 2.05) is 44.2 Å². The van der Waals surface area contributed by atoms with Crippen LogP contribution in [0.4, 0.5) is 4.79 Å². The number of carbonyl (C=O) groups excluding carboxylic acids is 5. The smallest absolute Gasteiger partial charge is 0.407 e. The zero-order valence-corrected chi connectivity index (χ0v) is 24.3. The van der Waals surface area contributed by atoms with Gasteiger partial charge in [0, 0.05) is 25.8 Å². The minimum Gasteiger partial charge on any atom is -0.481 e. The summed E-state index contributed by atoms with van der Waals surface area (Å²) in [5.41, 5.74) is 0.992. The molecule has 5 atom stereocenters. The van der Waals surface area contributed by atoms with Crippen LogP contribution in [-0.2, 0) is 39.9 Å². The highest BCUT2D eigenvalue weighted by atomic mass is 16.6. The van der Waals surface area contributed by atoms with E-state index in [9.17, 15) is 38.7 Å². The molecule has 4 amide bonds. The van der Waals surface area contributed by atoms with E-state index in [2.05, 4.69) is 16.0 Å². The monoisotopic (exact) mass is 604 g/mol. The molecule has 1 aromatic carbocycles. The molecule has 1 heterocycles. The van der Waals surface area contributed by atoms with Gasteiger partial charge < -0.3 is 40.6 Å². The van der Waals surface area contributed by atoms with Gasteiger partial charge in [-0.25, -0.2) is 4.79 Å². The Balaban J connectivity index is 2.20. The summed E-state index contributed by atoms with van der Waals surface area (Å²) in [5, 5.41) is 25.7. The van der Waals surface area contributed by atoms with Crippen LogP contribution in [0.2, 0.25) is 0 Å². The van der Waals surface area contributed by atoms with Crippen molar-refractivity contribution >= 4 is 42.0 Å². The molecule has 0 spiro atoms. The van der Waals surface area contributed by atoms with Gasteiger partial charge in [-0.2, -0.15) is 0 Å². The fraction of sp³-hybridized carbons (Fsp3) is 0.552. The normalized spacial score (nSPS) is 18.0. The molecule has 0 saturated carbocycles. The Bertz CT molecular complexity index is 1150. The van der Waals surface area contributed by atoms with Crippen molar-refractivity contribution in [2.24, 2.45) is 5.92 Å². The number of carbonyl (C=O) groups is 7. The lowest BCUT2D eigenvalue weighted by molar-refractivity contribution is -0.144. The highest BCUT2D eigenvalue weighted by molar-refractivity contribution is 5.94. The third-order valence-electron chi connectivity index (χ3n) is 7.05. The van der Waals surface area contributed by atoms with Gasteiger partial charge in [-0.3, -0.25) is 24.0 Å². The van der Waals surface area contributed by atoms with Crippen molar-refractivity contribution in [2.75, 3.05) is 13.1 Å². The zero-order chi connectivity index (χ0) is 31.9. The number of hydrogen-bond acceptors (Lipinski definition) is 8. The van der Waals surface area contributed by atoms with Crippen molar-refractivity contribution in [3.63, 3.8) is 0 Å². The summed E-state index contributed by atoms with van der Waals surface area (Å²) in [4.78, 5) is 86.8. The van der Waals surface area contributed by atoms with Crippen molar-refractivity contribution in [3.05, 3.63) is 35.9 Å². The van der Waals surface area contributed by atoms with Crippen LogP contribution in [0.1, 0.15) is 57.9 Å². The minimum atomic E-state index is -1.37. The molecule has 1 fully saturated rings. The summed E-state index contributed by atoms with van der Waals surface area (Å²) >= 11 is 0. The first-order chi connectivity index (χ1) is 20.4. The van der Waals surface area contributed by atoms with E-state index in [4.69, 9.17) is 9.84 Å². The summed E-state index contributed by atoms with van der Waals surface area (Å²) in [5.74, 6) is -4.61. The maximum Gasteiger partial charge on any atom is 0.407 e. The minimum absolute atomic E-state index is 0.00762. The number of carboxylic acid groups (broad SMARTS) is 2. The molecule has 1 aliphatic heterocycles. The Morgan fingerprint density at radius 3 is 2.35 bits per heavy atom. The molecular formula is C29H40N4O10. The Labute approximate surface area is 249 Å². The fourth-order valence-electron chi connectivity index (χ4n) is 4.56. The molecule has 5 unspecified atom stereocenters. The molecule has 0 radical (unpaired) electrons. The van der Waals surface area contributed by atoms with E-state index in [1.165, 1.54) is 0 Å².